The third-order valence-electron chi connectivity index (χ3n) is 4.54. The SMILES string of the molecule is C[C@H]1[C@@H](NC(=O)COC(=O)c2ccc(Br)cc2F)CCC[C@@H]1C. The van der Waals surface area contributed by atoms with E-state index in [4.69, 9.17) is 4.74 Å². The van der Waals surface area contributed by atoms with E-state index < -0.39 is 18.4 Å². The zero-order chi connectivity index (χ0) is 17.0. The first kappa shape index (κ1) is 17.9. The quantitative estimate of drug-likeness (QED) is 0.804. The Morgan fingerprint density at radius 1 is 1.35 bits per heavy atom. The van der Waals surface area contributed by atoms with Crippen LogP contribution >= 0.6 is 15.9 Å². The highest BCUT2D eigenvalue weighted by molar-refractivity contribution is 9.10. The molecule has 3 atom stereocenters. The second kappa shape index (κ2) is 7.90. The summed E-state index contributed by atoms with van der Waals surface area (Å²) < 4.78 is 19.1. The fourth-order valence-corrected chi connectivity index (χ4v) is 3.23. The Morgan fingerprint density at radius 2 is 2.09 bits per heavy atom. The molecule has 23 heavy (non-hydrogen) atoms. The topological polar surface area (TPSA) is 55.4 Å². The molecule has 1 aliphatic rings. The van der Waals surface area contributed by atoms with Gasteiger partial charge in [-0.05, 0) is 36.5 Å². The Balaban J connectivity index is 1.85. The number of halogens is 2. The van der Waals surface area contributed by atoms with E-state index in [0.717, 1.165) is 12.8 Å². The molecule has 0 bridgehead atoms. The molecule has 1 saturated carbocycles. The average molecular weight is 386 g/mol. The summed E-state index contributed by atoms with van der Waals surface area (Å²) in [5.41, 5.74) is -0.180. The molecule has 1 N–H and O–H groups in total. The van der Waals surface area contributed by atoms with Gasteiger partial charge >= 0.3 is 5.97 Å². The largest absolute Gasteiger partial charge is 0.452 e. The Labute approximate surface area is 143 Å². The van der Waals surface area contributed by atoms with Gasteiger partial charge in [-0.3, -0.25) is 4.79 Å². The third kappa shape index (κ3) is 4.77. The summed E-state index contributed by atoms with van der Waals surface area (Å²) in [6.45, 7) is 3.91. The van der Waals surface area contributed by atoms with E-state index in [1.54, 1.807) is 6.07 Å². The number of carbonyl (C=O) groups excluding carboxylic acids is 2. The van der Waals surface area contributed by atoms with Crippen molar-refractivity contribution in [2.45, 2.75) is 39.2 Å². The lowest BCUT2D eigenvalue weighted by molar-refractivity contribution is -0.125. The van der Waals surface area contributed by atoms with Gasteiger partial charge in [0.25, 0.3) is 5.91 Å². The summed E-state index contributed by atoms with van der Waals surface area (Å²) >= 11 is 3.12. The van der Waals surface area contributed by atoms with Gasteiger partial charge in [0.05, 0.1) is 5.56 Å². The van der Waals surface area contributed by atoms with E-state index >= 15 is 0 Å². The van der Waals surface area contributed by atoms with Gasteiger partial charge in [-0.15, -0.1) is 0 Å². The van der Waals surface area contributed by atoms with Gasteiger partial charge in [0, 0.05) is 10.5 Å². The van der Waals surface area contributed by atoms with Crippen LogP contribution < -0.4 is 5.32 Å². The van der Waals surface area contributed by atoms with E-state index in [0.29, 0.717) is 16.3 Å². The Bertz CT molecular complexity index is 593. The Morgan fingerprint density at radius 3 is 2.78 bits per heavy atom. The summed E-state index contributed by atoms with van der Waals surface area (Å²) in [4.78, 5) is 23.8. The molecule has 1 aromatic rings. The Kier molecular flexibility index (Phi) is 6.16. The van der Waals surface area contributed by atoms with E-state index in [1.807, 2.05) is 0 Å². The maximum atomic E-state index is 13.7. The van der Waals surface area contributed by atoms with Crippen molar-refractivity contribution in [2.75, 3.05) is 6.61 Å². The van der Waals surface area contributed by atoms with Crippen molar-refractivity contribution in [3.8, 4) is 0 Å². The molecule has 1 aliphatic carbocycles. The average Bonchev–Trinajstić information content (AvgIpc) is 2.49. The van der Waals surface area contributed by atoms with Crippen molar-refractivity contribution in [2.24, 2.45) is 11.8 Å². The van der Waals surface area contributed by atoms with Crippen LogP contribution in [0.25, 0.3) is 0 Å². The van der Waals surface area contributed by atoms with Crippen molar-refractivity contribution in [1.82, 2.24) is 5.32 Å². The van der Waals surface area contributed by atoms with Gasteiger partial charge in [-0.1, -0.05) is 42.6 Å². The summed E-state index contributed by atoms with van der Waals surface area (Å²) in [7, 11) is 0. The van der Waals surface area contributed by atoms with Crippen molar-refractivity contribution < 1.29 is 18.7 Å². The Hall–Kier alpha value is -1.43. The van der Waals surface area contributed by atoms with Crippen LogP contribution in [0.3, 0.4) is 0 Å². The van der Waals surface area contributed by atoms with E-state index in [9.17, 15) is 14.0 Å². The third-order valence-corrected chi connectivity index (χ3v) is 5.03. The molecule has 0 saturated heterocycles. The van der Waals surface area contributed by atoms with Crippen LogP contribution in [-0.4, -0.2) is 24.5 Å². The van der Waals surface area contributed by atoms with Gasteiger partial charge in [-0.25, -0.2) is 9.18 Å². The number of esters is 1. The highest BCUT2D eigenvalue weighted by atomic mass is 79.9. The number of rotatable bonds is 4. The molecule has 0 unspecified atom stereocenters. The lowest BCUT2D eigenvalue weighted by Gasteiger charge is -2.34. The summed E-state index contributed by atoms with van der Waals surface area (Å²) in [5, 5.41) is 2.91. The normalized spacial score (nSPS) is 24.1. The van der Waals surface area contributed by atoms with Crippen LogP contribution in [0.1, 0.15) is 43.5 Å². The molecule has 0 heterocycles. The summed E-state index contributed by atoms with van der Waals surface area (Å²) in [6.07, 6.45) is 3.19. The molecule has 2 rings (SSSR count). The van der Waals surface area contributed by atoms with Gasteiger partial charge in [0.1, 0.15) is 5.82 Å². The minimum absolute atomic E-state index is 0.106. The van der Waals surface area contributed by atoms with Crippen molar-refractivity contribution in [1.29, 1.82) is 0 Å². The number of ether oxygens (including phenoxy) is 1. The van der Waals surface area contributed by atoms with Gasteiger partial charge in [-0.2, -0.15) is 0 Å². The molecule has 126 valence electrons. The molecule has 4 nitrogen and oxygen atoms in total. The lowest BCUT2D eigenvalue weighted by Crippen LogP contribution is -2.45. The first-order valence-corrected chi connectivity index (χ1v) is 8.59. The maximum Gasteiger partial charge on any atom is 0.341 e. The van der Waals surface area contributed by atoms with Crippen LogP contribution in [0, 0.1) is 17.7 Å². The molecular formula is C17H21BrFNO3. The standard InChI is InChI=1S/C17H21BrFNO3/c1-10-4-3-5-15(11(10)2)20-16(21)9-23-17(22)13-7-6-12(18)8-14(13)19/h6-8,10-11,15H,3-5,9H2,1-2H3,(H,20,21)/t10-,11+,15-/m0/s1. The van der Waals surface area contributed by atoms with Crippen molar-refractivity contribution in [3.05, 3.63) is 34.1 Å². The number of hydrogen-bond acceptors (Lipinski definition) is 3. The molecule has 1 fully saturated rings. The minimum atomic E-state index is -0.838. The van der Waals surface area contributed by atoms with Gasteiger partial charge in [0.2, 0.25) is 0 Å². The maximum absolute atomic E-state index is 13.7. The summed E-state index contributed by atoms with van der Waals surface area (Å²) in [6, 6.07) is 4.16. The van der Waals surface area contributed by atoms with E-state index in [-0.39, 0.29) is 17.5 Å². The van der Waals surface area contributed by atoms with Gasteiger partial charge < -0.3 is 10.1 Å². The van der Waals surface area contributed by atoms with Crippen LogP contribution in [-0.2, 0) is 9.53 Å². The van der Waals surface area contributed by atoms with E-state index in [2.05, 4.69) is 35.1 Å². The summed E-state index contributed by atoms with van der Waals surface area (Å²) in [5.74, 6) is -0.905. The number of nitrogens with one attached hydrogen (secondary N) is 1. The molecule has 6 heteroatoms. The second-order valence-corrected chi connectivity index (χ2v) is 7.06. The highest BCUT2D eigenvalue weighted by Crippen LogP contribution is 2.29. The molecule has 0 spiro atoms. The number of carbonyl (C=O) groups is 2. The number of hydrogen-bond donors (Lipinski definition) is 1. The molecule has 0 aromatic heterocycles. The fraction of sp³-hybridized carbons (Fsp3) is 0.529. The number of amides is 1. The highest BCUT2D eigenvalue weighted by Gasteiger charge is 2.28. The van der Waals surface area contributed by atoms with Crippen LogP contribution in [0.2, 0.25) is 0 Å². The van der Waals surface area contributed by atoms with E-state index in [1.165, 1.54) is 18.6 Å². The molecular weight excluding hydrogens is 365 g/mol. The smallest absolute Gasteiger partial charge is 0.341 e. The predicted octanol–water partition coefficient (Wildman–Crippen LogP) is 3.69. The molecule has 1 aromatic carbocycles. The molecule has 1 amide bonds. The first-order valence-electron chi connectivity index (χ1n) is 7.80. The zero-order valence-corrected chi connectivity index (χ0v) is 14.9. The van der Waals surface area contributed by atoms with Crippen molar-refractivity contribution in [3.63, 3.8) is 0 Å². The fourth-order valence-electron chi connectivity index (χ4n) is 2.90. The first-order chi connectivity index (χ1) is 10.9. The van der Waals surface area contributed by atoms with Crippen LogP contribution in [0.5, 0.6) is 0 Å². The second-order valence-electron chi connectivity index (χ2n) is 6.14. The minimum Gasteiger partial charge on any atom is -0.452 e. The molecule has 0 radical (unpaired) electrons. The van der Waals surface area contributed by atoms with Crippen LogP contribution in [0.4, 0.5) is 4.39 Å². The molecule has 0 aliphatic heterocycles. The number of benzene rings is 1. The van der Waals surface area contributed by atoms with Crippen molar-refractivity contribution >= 4 is 27.8 Å². The zero-order valence-electron chi connectivity index (χ0n) is 13.3. The van der Waals surface area contributed by atoms with Gasteiger partial charge in [0.15, 0.2) is 6.61 Å². The van der Waals surface area contributed by atoms with Crippen LogP contribution in [0.15, 0.2) is 22.7 Å². The predicted molar refractivity (Wildman–Crippen MR) is 88.5 cm³/mol. The lowest BCUT2D eigenvalue weighted by atomic mass is 9.78. The monoisotopic (exact) mass is 385 g/mol.